The van der Waals surface area contributed by atoms with Gasteiger partial charge in [0.05, 0.1) is 4.90 Å². The molecular formula is C11H16F2N2O3S. The molecule has 0 spiro atoms. The van der Waals surface area contributed by atoms with Crippen LogP contribution in [0, 0.1) is 13.8 Å². The Morgan fingerprint density at radius 1 is 1.37 bits per heavy atom. The third-order valence-corrected chi connectivity index (χ3v) is 4.40. The molecule has 0 heterocycles. The van der Waals surface area contributed by atoms with Crippen LogP contribution in [0.4, 0.5) is 14.5 Å². The van der Waals surface area contributed by atoms with Crippen LogP contribution in [-0.4, -0.2) is 32.6 Å². The van der Waals surface area contributed by atoms with Gasteiger partial charge in [-0.3, -0.25) is 0 Å². The average molecular weight is 294 g/mol. The lowest BCUT2D eigenvalue weighted by atomic mass is 10.1. The van der Waals surface area contributed by atoms with Crippen LogP contribution in [0.2, 0.25) is 0 Å². The molecule has 5 nitrogen and oxygen atoms in total. The summed E-state index contributed by atoms with van der Waals surface area (Å²) < 4.78 is 50.3. The molecule has 108 valence electrons. The number of aliphatic hydroxyl groups excluding tert-OH is 1. The fourth-order valence-corrected chi connectivity index (χ4v) is 3.16. The van der Waals surface area contributed by atoms with Gasteiger partial charge >= 0.3 is 0 Å². The number of hydrogen-bond donors (Lipinski definition) is 3. The van der Waals surface area contributed by atoms with Crippen LogP contribution in [0.5, 0.6) is 0 Å². The minimum absolute atomic E-state index is 0.0473. The van der Waals surface area contributed by atoms with E-state index in [2.05, 4.69) is 0 Å². The van der Waals surface area contributed by atoms with E-state index in [0.717, 1.165) is 0 Å². The van der Waals surface area contributed by atoms with Crippen molar-refractivity contribution in [2.75, 3.05) is 12.3 Å². The number of rotatable bonds is 5. The molecule has 8 heteroatoms. The van der Waals surface area contributed by atoms with Gasteiger partial charge in [0.25, 0.3) is 6.43 Å². The monoisotopic (exact) mass is 294 g/mol. The first kappa shape index (κ1) is 15.8. The molecule has 19 heavy (non-hydrogen) atoms. The van der Waals surface area contributed by atoms with Crippen molar-refractivity contribution in [3.8, 4) is 0 Å². The molecule has 0 bridgehead atoms. The Morgan fingerprint density at radius 2 is 1.95 bits per heavy atom. The van der Waals surface area contributed by atoms with Gasteiger partial charge in [-0.2, -0.15) is 0 Å². The first-order chi connectivity index (χ1) is 8.66. The van der Waals surface area contributed by atoms with Gasteiger partial charge in [-0.05, 0) is 31.0 Å². The van der Waals surface area contributed by atoms with Gasteiger partial charge in [-0.25, -0.2) is 21.9 Å². The second-order valence-corrected chi connectivity index (χ2v) is 5.88. The van der Waals surface area contributed by atoms with Gasteiger partial charge < -0.3 is 10.8 Å². The second kappa shape index (κ2) is 5.81. The minimum atomic E-state index is -4.00. The maximum absolute atomic E-state index is 12.1. The molecule has 0 aliphatic carbocycles. The Labute approximate surface area is 110 Å². The van der Waals surface area contributed by atoms with Gasteiger partial charge in [0.15, 0.2) is 0 Å². The number of benzene rings is 1. The highest BCUT2D eigenvalue weighted by Gasteiger charge is 2.24. The SMILES string of the molecule is Cc1ccc(N)c(C)c1S(=O)(=O)NCC(O)C(F)F. The molecule has 1 unspecified atom stereocenters. The summed E-state index contributed by atoms with van der Waals surface area (Å²) in [5.74, 6) is 0. The van der Waals surface area contributed by atoms with Gasteiger partial charge in [-0.1, -0.05) is 6.07 Å². The number of aliphatic hydroxyl groups is 1. The highest BCUT2D eigenvalue weighted by molar-refractivity contribution is 7.89. The molecule has 0 amide bonds. The molecular weight excluding hydrogens is 278 g/mol. The largest absolute Gasteiger partial charge is 0.398 e. The van der Waals surface area contributed by atoms with Gasteiger partial charge in [-0.15, -0.1) is 0 Å². The molecule has 0 aliphatic heterocycles. The molecule has 1 aromatic carbocycles. The fraction of sp³-hybridized carbons (Fsp3) is 0.455. The number of alkyl halides is 2. The topological polar surface area (TPSA) is 92.4 Å². The highest BCUT2D eigenvalue weighted by Crippen LogP contribution is 2.24. The van der Waals surface area contributed by atoms with Crippen molar-refractivity contribution in [1.82, 2.24) is 4.72 Å². The number of nitrogen functional groups attached to an aromatic ring is 1. The van der Waals surface area contributed by atoms with Crippen molar-refractivity contribution in [1.29, 1.82) is 0 Å². The van der Waals surface area contributed by atoms with Crippen LogP contribution in [0.1, 0.15) is 11.1 Å². The normalized spacial score (nSPS) is 13.8. The predicted octanol–water partition coefficient (Wildman–Crippen LogP) is 0.790. The van der Waals surface area contributed by atoms with Crippen LogP contribution in [-0.2, 0) is 10.0 Å². The standard InChI is InChI=1S/C11H16F2N2O3S/c1-6-3-4-8(14)7(2)10(6)19(17,18)15-5-9(16)11(12)13/h3-4,9,11,15-16H,5,14H2,1-2H3. The van der Waals surface area contributed by atoms with Crippen molar-refractivity contribution < 1.29 is 22.3 Å². The maximum atomic E-state index is 12.1. The summed E-state index contributed by atoms with van der Waals surface area (Å²) >= 11 is 0. The van der Waals surface area contributed by atoms with E-state index < -0.39 is 29.1 Å². The molecule has 0 saturated carbocycles. The number of anilines is 1. The Kier molecular flexibility index (Phi) is 4.83. The summed E-state index contributed by atoms with van der Waals surface area (Å²) in [6, 6.07) is 3.10. The summed E-state index contributed by atoms with van der Waals surface area (Å²) in [6.45, 7) is 2.35. The summed E-state index contributed by atoms with van der Waals surface area (Å²) in [7, 11) is -4.00. The van der Waals surface area contributed by atoms with E-state index in [0.29, 0.717) is 16.8 Å². The first-order valence-corrected chi connectivity index (χ1v) is 6.96. The fourth-order valence-electron chi connectivity index (χ4n) is 1.61. The lowest BCUT2D eigenvalue weighted by Crippen LogP contribution is -2.36. The zero-order valence-corrected chi connectivity index (χ0v) is 11.3. The lowest BCUT2D eigenvalue weighted by molar-refractivity contribution is -0.000453. The van der Waals surface area contributed by atoms with Crippen LogP contribution >= 0.6 is 0 Å². The molecule has 0 aliphatic rings. The third-order valence-electron chi connectivity index (χ3n) is 2.69. The van der Waals surface area contributed by atoms with E-state index in [-0.39, 0.29) is 4.90 Å². The number of nitrogens with one attached hydrogen (secondary N) is 1. The van der Waals surface area contributed by atoms with Gasteiger partial charge in [0.1, 0.15) is 6.10 Å². The molecule has 0 radical (unpaired) electrons. The predicted molar refractivity (Wildman–Crippen MR) is 67.5 cm³/mol. The smallest absolute Gasteiger partial charge is 0.265 e. The number of nitrogens with two attached hydrogens (primary N) is 1. The second-order valence-electron chi connectivity index (χ2n) is 4.18. The first-order valence-electron chi connectivity index (χ1n) is 5.48. The van der Waals surface area contributed by atoms with E-state index in [1.165, 1.54) is 13.0 Å². The van der Waals surface area contributed by atoms with Crippen molar-refractivity contribution in [2.24, 2.45) is 0 Å². The Balaban J connectivity index is 3.05. The minimum Gasteiger partial charge on any atom is -0.398 e. The average Bonchev–Trinajstić information content (AvgIpc) is 2.31. The van der Waals surface area contributed by atoms with Crippen molar-refractivity contribution in [2.45, 2.75) is 31.3 Å². The van der Waals surface area contributed by atoms with Gasteiger partial charge in [0, 0.05) is 12.2 Å². The van der Waals surface area contributed by atoms with Crippen LogP contribution in [0.3, 0.4) is 0 Å². The van der Waals surface area contributed by atoms with Gasteiger partial charge in [0.2, 0.25) is 10.0 Å². The molecule has 0 saturated heterocycles. The lowest BCUT2D eigenvalue weighted by Gasteiger charge is -2.15. The van der Waals surface area contributed by atoms with E-state index in [1.54, 1.807) is 13.0 Å². The number of aryl methyl sites for hydroxylation is 1. The Morgan fingerprint density at radius 3 is 2.47 bits per heavy atom. The van der Waals surface area contributed by atoms with Crippen LogP contribution < -0.4 is 10.5 Å². The number of halogens is 2. The summed E-state index contributed by atoms with van der Waals surface area (Å²) in [5.41, 5.74) is 6.72. The third kappa shape index (κ3) is 3.62. The quantitative estimate of drug-likeness (QED) is 0.700. The summed E-state index contributed by atoms with van der Waals surface area (Å²) in [5, 5.41) is 8.93. The summed E-state index contributed by atoms with van der Waals surface area (Å²) in [6.07, 6.45) is -5.05. The molecule has 0 fully saturated rings. The number of sulfonamides is 1. The van der Waals surface area contributed by atoms with Crippen LogP contribution in [0.15, 0.2) is 17.0 Å². The molecule has 4 N–H and O–H groups in total. The van der Waals surface area contributed by atoms with E-state index >= 15 is 0 Å². The Bertz CT molecular complexity index is 561. The molecule has 1 atom stereocenters. The molecule has 1 aromatic rings. The Hall–Kier alpha value is -1.25. The zero-order valence-electron chi connectivity index (χ0n) is 10.5. The van der Waals surface area contributed by atoms with Crippen molar-refractivity contribution in [3.63, 3.8) is 0 Å². The van der Waals surface area contributed by atoms with E-state index in [4.69, 9.17) is 10.8 Å². The maximum Gasteiger partial charge on any atom is 0.265 e. The van der Waals surface area contributed by atoms with Crippen molar-refractivity contribution in [3.05, 3.63) is 23.3 Å². The summed E-state index contributed by atoms with van der Waals surface area (Å²) in [4.78, 5) is -0.0473. The highest BCUT2D eigenvalue weighted by atomic mass is 32.2. The zero-order chi connectivity index (χ0) is 14.8. The molecule has 0 aromatic heterocycles. The number of hydrogen-bond acceptors (Lipinski definition) is 4. The van der Waals surface area contributed by atoms with E-state index in [9.17, 15) is 17.2 Å². The van der Waals surface area contributed by atoms with Crippen LogP contribution in [0.25, 0.3) is 0 Å². The molecule has 1 rings (SSSR count). The van der Waals surface area contributed by atoms with Crippen molar-refractivity contribution >= 4 is 15.7 Å². The van der Waals surface area contributed by atoms with E-state index in [1.807, 2.05) is 4.72 Å².